The molecule has 0 saturated carbocycles. The highest BCUT2D eigenvalue weighted by atomic mass is 19.1. The summed E-state index contributed by atoms with van der Waals surface area (Å²) in [5, 5.41) is 8.68. The molecule has 0 atom stereocenters. The van der Waals surface area contributed by atoms with Crippen LogP contribution in [0.15, 0.2) is 18.2 Å². The van der Waals surface area contributed by atoms with Gasteiger partial charge in [-0.15, -0.1) is 0 Å². The molecule has 0 aliphatic rings. The van der Waals surface area contributed by atoms with Crippen molar-refractivity contribution in [3.05, 3.63) is 29.6 Å². The number of hydrogen-bond acceptors (Lipinski definition) is 4. The van der Waals surface area contributed by atoms with E-state index in [1.54, 1.807) is 6.07 Å². The molecule has 0 aromatic heterocycles. The van der Waals surface area contributed by atoms with Gasteiger partial charge in [-0.3, -0.25) is 9.69 Å². The molecule has 112 valence electrons. The molecule has 1 rings (SSSR count). The summed E-state index contributed by atoms with van der Waals surface area (Å²) in [7, 11) is 3.25. The molecule has 0 heterocycles. The Morgan fingerprint density at radius 3 is 2.70 bits per heavy atom. The average molecular weight is 283 g/mol. The second-order valence-electron chi connectivity index (χ2n) is 4.79. The molecule has 0 radical (unpaired) electrons. The number of methoxy groups -OCH3 is 1. The molecule has 0 bridgehead atoms. The summed E-state index contributed by atoms with van der Waals surface area (Å²) in [6.45, 7) is 1.24. The third-order valence-corrected chi connectivity index (χ3v) is 3.09. The average Bonchev–Trinajstić information content (AvgIpc) is 2.43. The van der Waals surface area contributed by atoms with E-state index in [9.17, 15) is 9.18 Å². The van der Waals surface area contributed by atoms with Crippen LogP contribution in [0.1, 0.15) is 29.6 Å². The first-order chi connectivity index (χ1) is 9.58. The number of rotatable bonds is 9. The number of aliphatic hydroxyl groups is 1. The Balaban J connectivity index is 2.47. The van der Waals surface area contributed by atoms with Gasteiger partial charge in [0, 0.05) is 12.2 Å². The Kier molecular flexibility index (Phi) is 7.18. The number of ketones is 1. The summed E-state index contributed by atoms with van der Waals surface area (Å²) in [6.07, 6.45) is 2.65. The van der Waals surface area contributed by atoms with Crippen molar-refractivity contribution in [2.75, 3.05) is 33.9 Å². The minimum absolute atomic E-state index is 0.115. The van der Waals surface area contributed by atoms with Gasteiger partial charge in [-0.1, -0.05) is 0 Å². The van der Waals surface area contributed by atoms with E-state index in [1.807, 2.05) is 11.9 Å². The molecule has 20 heavy (non-hydrogen) atoms. The Hall–Kier alpha value is -1.46. The lowest BCUT2D eigenvalue weighted by Gasteiger charge is -2.15. The normalized spacial score (nSPS) is 10.8. The highest BCUT2D eigenvalue weighted by Crippen LogP contribution is 2.18. The summed E-state index contributed by atoms with van der Waals surface area (Å²) in [4.78, 5) is 13.9. The Morgan fingerprint density at radius 2 is 2.10 bits per heavy atom. The third-order valence-electron chi connectivity index (χ3n) is 3.09. The van der Waals surface area contributed by atoms with Crippen LogP contribution in [0.5, 0.6) is 5.75 Å². The van der Waals surface area contributed by atoms with E-state index >= 15 is 0 Å². The fourth-order valence-corrected chi connectivity index (χ4v) is 1.93. The van der Waals surface area contributed by atoms with E-state index in [0.29, 0.717) is 5.56 Å². The summed E-state index contributed by atoms with van der Waals surface area (Å²) in [6, 6.07) is 4.24. The number of ether oxygens (including phenoxy) is 1. The molecule has 4 nitrogen and oxygen atoms in total. The van der Waals surface area contributed by atoms with E-state index < -0.39 is 5.82 Å². The lowest BCUT2D eigenvalue weighted by molar-refractivity contribution is 0.0944. The molecule has 0 unspecified atom stereocenters. The number of Topliss-reactive ketones (excluding diaryl/α,β-unsaturated/α-hetero) is 1. The lowest BCUT2D eigenvalue weighted by atomic mass is 10.1. The van der Waals surface area contributed by atoms with Crippen molar-refractivity contribution in [2.24, 2.45) is 0 Å². The quantitative estimate of drug-likeness (QED) is 0.557. The topological polar surface area (TPSA) is 49.8 Å². The van der Waals surface area contributed by atoms with Crippen LogP contribution in [-0.4, -0.2) is 49.6 Å². The van der Waals surface area contributed by atoms with E-state index in [4.69, 9.17) is 9.84 Å². The van der Waals surface area contributed by atoms with Gasteiger partial charge in [0.1, 0.15) is 0 Å². The van der Waals surface area contributed by atoms with Gasteiger partial charge in [0.25, 0.3) is 0 Å². The first kappa shape index (κ1) is 16.6. The number of carbonyl (C=O) groups excluding carboxylic acids is 1. The molecule has 1 aromatic carbocycles. The maximum atomic E-state index is 13.5. The maximum absolute atomic E-state index is 13.5. The summed E-state index contributed by atoms with van der Waals surface area (Å²) in [5.41, 5.74) is 0.352. The van der Waals surface area contributed by atoms with Crippen LogP contribution < -0.4 is 4.74 Å². The predicted octanol–water partition coefficient (Wildman–Crippen LogP) is 2.11. The monoisotopic (exact) mass is 283 g/mol. The third kappa shape index (κ3) is 5.27. The van der Waals surface area contributed by atoms with Crippen LogP contribution in [0.3, 0.4) is 0 Å². The number of halogens is 1. The molecule has 0 spiro atoms. The van der Waals surface area contributed by atoms with Crippen LogP contribution >= 0.6 is 0 Å². The van der Waals surface area contributed by atoms with Crippen molar-refractivity contribution in [3.63, 3.8) is 0 Å². The summed E-state index contributed by atoms with van der Waals surface area (Å²) >= 11 is 0. The van der Waals surface area contributed by atoms with E-state index in [-0.39, 0.29) is 24.7 Å². The van der Waals surface area contributed by atoms with E-state index in [1.165, 1.54) is 19.2 Å². The summed E-state index contributed by atoms with van der Waals surface area (Å²) in [5.74, 6) is -0.501. The van der Waals surface area contributed by atoms with Crippen molar-refractivity contribution in [3.8, 4) is 5.75 Å². The molecular formula is C15H22FNO3. The van der Waals surface area contributed by atoms with Crippen LogP contribution in [0.25, 0.3) is 0 Å². The number of nitrogens with zero attached hydrogens (tertiary/aromatic N) is 1. The zero-order valence-corrected chi connectivity index (χ0v) is 12.1. The zero-order chi connectivity index (χ0) is 15.0. The van der Waals surface area contributed by atoms with Gasteiger partial charge in [0.05, 0.1) is 13.7 Å². The van der Waals surface area contributed by atoms with Crippen LogP contribution in [-0.2, 0) is 0 Å². The molecule has 5 heteroatoms. The van der Waals surface area contributed by atoms with E-state index in [2.05, 4.69) is 0 Å². The van der Waals surface area contributed by atoms with Crippen LogP contribution in [0.4, 0.5) is 4.39 Å². The fourth-order valence-electron chi connectivity index (χ4n) is 1.93. The Morgan fingerprint density at radius 1 is 1.35 bits per heavy atom. The Labute approximate surface area is 119 Å². The van der Waals surface area contributed by atoms with Gasteiger partial charge in [-0.25, -0.2) is 4.39 Å². The highest BCUT2D eigenvalue weighted by molar-refractivity contribution is 5.97. The molecule has 0 amide bonds. The van der Waals surface area contributed by atoms with Crippen LogP contribution in [0, 0.1) is 5.82 Å². The Bertz CT molecular complexity index is 437. The van der Waals surface area contributed by atoms with Gasteiger partial charge in [-0.05, 0) is 51.1 Å². The molecule has 1 N–H and O–H groups in total. The molecule has 0 fully saturated rings. The first-order valence-electron chi connectivity index (χ1n) is 6.74. The van der Waals surface area contributed by atoms with Crippen molar-refractivity contribution in [1.29, 1.82) is 0 Å². The second-order valence-corrected chi connectivity index (χ2v) is 4.79. The van der Waals surface area contributed by atoms with Crippen molar-refractivity contribution in [2.45, 2.75) is 19.3 Å². The number of likely N-dealkylation sites (N-methyl/N-ethyl adjacent to an activating group) is 1. The number of aliphatic hydroxyl groups excluding tert-OH is 1. The van der Waals surface area contributed by atoms with Gasteiger partial charge < -0.3 is 9.84 Å². The van der Waals surface area contributed by atoms with E-state index in [0.717, 1.165) is 25.8 Å². The number of hydrogen-bond donors (Lipinski definition) is 1. The predicted molar refractivity (Wildman–Crippen MR) is 75.7 cm³/mol. The maximum Gasteiger partial charge on any atom is 0.176 e. The molecule has 0 saturated heterocycles. The largest absolute Gasteiger partial charge is 0.494 e. The van der Waals surface area contributed by atoms with Gasteiger partial charge >= 0.3 is 0 Å². The summed E-state index contributed by atoms with van der Waals surface area (Å²) < 4.78 is 18.3. The number of unbranched alkanes of at least 4 members (excludes halogenated alkanes) is 2. The van der Waals surface area contributed by atoms with Gasteiger partial charge in [0.2, 0.25) is 0 Å². The smallest absolute Gasteiger partial charge is 0.176 e. The zero-order valence-electron chi connectivity index (χ0n) is 12.1. The second kappa shape index (κ2) is 8.66. The van der Waals surface area contributed by atoms with Crippen molar-refractivity contribution < 1.29 is 19.0 Å². The minimum Gasteiger partial charge on any atom is -0.494 e. The highest BCUT2D eigenvalue weighted by Gasteiger charge is 2.12. The fraction of sp³-hybridized carbons (Fsp3) is 0.533. The number of benzene rings is 1. The first-order valence-corrected chi connectivity index (χ1v) is 6.74. The number of carbonyl (C=O) groups is 1. The van der Waals surface area contributed by atoms with Crippen molar-refractivity contribution in [1.82, 2.24) is 4.90 Å². The van der Waals surface area contributed by atoms with Crippen molar-refractivity contribution >= 4 is 5.78 Å². The molecular weight excluding hydrogens is 261 g/mol. The van der Waals surface area contributed by atoms with Crippen LogP contribution in [0.2, 0.25) is 0 Å². The standard InChI is InChI=1S/C15H22FNO3/c1-17(8-4-3-5-9-18)11-14(19)12-6-7-15(20-2)13(16)10-12/h6-7,10,18H,3-5,8-9,11H2,1-2H3. The minimum atomic E-state index is -0.524. The van der Waals surface area contributed by atoms with Gasteiger partial charge in [-0.2, -0.15) is 0 Å². The molecule has 1 aromatic rings. The lowest BCUT2D eigenvalue weighted by Crippen LogP contribution is -2.27. The molecule has 0 aliphatic carbocycles. The van der Waals surface area contributed by atoms with Gasteiger partial charge in [0.15, 0.2) is 17.3 Å². The SMILES string of the molecule is COc1ccc(C(=O)CN(C)CCCCCO)cc1F. The molecule has 0 aliphatic heterocycles.